The molecule has 0 amide bonds. The minimum absolute atomic E-state index is 0.382. The van der Waals surface area contributed by atoms with E-state index in [4.69, 9.17) is 9.05 Å². The highest BCUT2D eigenvalue weighted by Gasteiger charge is 2.22. The topological polar surface area (TPSA) is 47.6 Å². The van der Waals surface area contributed by atoms with E-state index in [1.54, 1.807) is 0 Å². The van der Waals surface area contributed by atoms with Gasteiger partial charge in [-0.3, -0.25) is 4.57 Å². The summed E-state index contributed by atoms with van der Waals surface area (Å²) in [4.78, 5) is 0. The summed E-state index contributed by atoms with van der Waals surface area (Å²) in [7, 11) is -2.96. The van der Waals surface area contributed by atoms with Crippen molar-refractivity contribution in [3.63, 3.8) is 0 Å². The molecule has 2 rings (SSSR count). The van der Waals surface area contributed by atoms with Gasteiger partial charge in [-0.1, -0.05) is 48.5 Å². The van der Waals surface area contributed by atoms with E-state index in [-0.39, 0.29) is 0 Å². The Balaban J connectivity index is 1.88. The fraction of sp³-hybridized carbons (Fsp3) is 0.368. The average Bonchev–Trinajstić information content (AvgIpc) is 2.60. The fourth-order valence-corrected chi connectivity index (χ4v) is 4.05. The number of benzene rings is 2. The summed E-state index contributed by atoms with van der Waals surface area (Å²) in [6.45, 7) is 5.76. The van der Waals surface area contributed by atoms with Crippen molar-refractivity contribution >= 4 is 7.60 Å². The SMILES string of the molecule is CCOP(=O)(CCNCc1cccc(-c2ccccc2)c1)OCC. The monoisotopic (exact) mass is 347 g/mol. The van der Waals surface area contributed by atoms with Crippen molar-refractivity contribution in [1.82, 2.24) is 5.32 Å². The van der Waals surface area contributed by atoms with Crippen LogP contribution in [-0.2, 0) is 20.2 Å². The molecular formula is C19H26NO3P. The quantitative estimate of drug-likeness (QED) is 0.499. The van der Waals surface area contributed by atoms with Crippen LogP contribution in [0.1, 0.15) is 19.4 Å². The van der Waals surface area contributed by atoms with Gasteiger partial charge in [0.05, 0.1) is 19.4 Å². The first-order valence-corrected chi connectivity index (χ1v) is 10.1. The molecule has 0 aliphatic rings. The van der Waals surface area contributed by atoms with E-state index in [0.717, 1.165) is 6.54 Å². The van der Waals surface area contributed by atoms with Crippen molar-refractivity contribution in [1.29, 1.82) is 0 Å². The zero-order valence-electron chi connectivity index (χ0n) is 14.4. The Bertz CT molecular complexity index is 651. The lowest BCUT2D eigenvalue weighted by Crippen LogP contribution is -2.19. The van der Waals surface area contributed by atoms with Crippen LogP contribution in [0.2, 0.25) is 0 Å². The molecule has 2 aromatic carbocycles. The summed E-state index contributed by atoms with van der Waals surface area (Å²) < 4.78 is 23.0. The molecule has 1 N–H and O–H groups in total. The van der Waals surface area contributed by atoms with Crippen molar-refractivity contribution in [2.45, 2.75) is 20.4 Å². The number of hydrogen-bond acceptors (Lipinski definition) is 4. The Labute approximate surface area is 144 Å². The maximum absolute atomic E-state index is 12.4. The molecular weight excluding hydrogens is 321 g/mol. The summed E-state index contributed by atoms with van der Waals surface area (Å²) in [6, 6.07) is 18.7. The highest BCUT2D eigenvalue weighted by molar-refractivity contribution is 7.53. The van der Waals surface area contributed by atoms with Crippen LogP contribution in [0.5, 0.6) is 0 Å². The Morgan fingerprint density at radius 2 is 1.58 bits per heavy atom. The molecule has 0 unspecified atom stereocenters. The second-order valence-electron chi connectivity index (χ2n) is 5.41. The van der Waals surface area contributed by atoms with Gasteiger partial charge >= 0.3 is 7.60 Å². The van der Waals surface area contributed by atoms with Gasteiger partial charge in [0.2, 0.25) is 0 Å². The molecule has 0 aliphatic heterocycles. The molecule has 0 radical (unpaired) electrons. The summed E-state index contributed by atoms with van der Waals surface area (Å²) in [5.41, 5.74) is 3.60. The molecule has 0 aliphatic carbocycles. The number of hydrogen-bond donors (Lipinski definition) is 1. The van der Waals surface area contributed by atoms with Crippen LogP contribution in [-0.4, -0.2) is 25.9 Å². The van der Waals surface area contributed by atoms with Crippen LogP contribution in [0.4, 0.5) is 0 Å². The van der Waals surface area contributed by atoms with Crippen molar-refractivity contribution in [3.05, 3.63) is 60.2 Å². The first kappa shape index (κ1) is 18.9. The first-order chi connectivity index (χ1) is 11.7. The lowest BCUT2D eigenvalue weighted by molar-refractivity contribution is 0.220. The van der Waals surface area contributed by atoms with Gasteiger partial charge in [-0.2, -0.15) is 0 Å². The van der Waals surface area contributed by atoms with E-state index in [1.807, 2.05) is 32.0 Å². The fourth-order valence-electron chi connectivity index (χ4n) is 2.50. The zero-order chi connectivity index (χ0) is 17.3. The van der Waals surface area contributed by atoms with E-state index in [0.29, 0.717) is 25.9 Å². The van der Waals surface area contributed by atoms with Crippen molar-refractivity contribution in [2.75, 3.05) is 25.9 Å². The standard InChI is InChI=1S/C19H26NO3P/c1-3-22-24(21,23-4-2)14-13-20-16-17-9-8-12-19(15-17)18-10-6-5-7-11-18/h5-12,15,20H,3-4,13-14,16H2,1-2H3. The number of rotatable bonds is 10. The van der Waals surface area contributed by atoms with Crippen LogP contribution in [0.15, 0.2) is 54.6 Å². The van der Waals surface area contributed by atoms with Crippen LogP contribution in [0.25, 0.3) is 11.1 Å². The van der Waals surface area contributed by atoms with Crippen LogP contribution < -0.4 is 5.32 Å². The minimum atomic E-state index is -2.96. The van der Waals surface area contributed by atoms with Gasteiger partial charge in [0, 0.05) is 13.1 Å². The molecule has 0 bridgehead atoms. The minimum Gasteiger partial charge on any atom is -0.312 e. The predicted octanol–water partition coefficient (Wildman–Crippen LogP) is 4.71. The van der Waals surface area contributed by atoms with Gasteiger partial charge in [0.15, 0.2) is 0 Å². The highest BCUT2D eigenvalue weighted by atomic mass is 31.2. The number of nitrogens with one attached hydrogen (secondary N) is 1. The first-order valence-electron chi connectivity index (χ1n) is 8.40. The van der Waals surface area contributed by atoms with Crippen molar-refractivity contribution < 1.29 is 13.6 Å². The third kappa shape index (κ3) is 5.88. The molecule has 4 nitrogen and oxygen atoms in total. The Morgan fingerprint density at radius 3 is 2.25 bits per heavy atom. The Kier molecular flexibility index (Phi) is 7.67. The average molecular weight is 347 g/mol. The van der Waals surface area contributed by atoms with Crippen molar-refractivity contribution in [2.24, 2.45) is 0 Å². The van der Waals surface area contributed by atoms with Crippen molar-refractivity contribution in [3.8, 4) is 11.1 Å². The highest BCUT2D eigenvalue weighted by Crippen LogP contribution is 2.47. The molecule has 0 atom stereocenters. The van der Waals surface area contributed by atoms with Gasteiger partial charge in [0.25, 0.3) is 0 Å². The van der Waals surface area contributed by atoms with E-state index in [2.05, 4.69) is 41.7 Å². The molecule has 0 fully saturated rings. The zero-order valence-corrected chi connectivity index (χ0v) is 15.3. The lowest BCUT2D eigenvalue weighted by atomic mass is 10.0. The van der Waals surface area contributed by atoms with E-state index >= 15 is 0 Å². The summed E-state index contributed by atoms with van der Waals surface area (Å²) in [5, 5.41) is 3.32. The molecule has 130 valence electrons. The normalized spacial score (nSPS) is 11.6. The Hall–Kier alpha value is -1.45. The maximum atomic E-state index is 12.4. The molecule has 2 aromatic rings. The van der Waals surface area contributed by atoms with Gasteiger partial charge in [-0.15, -0.1) is 0 Å². The van der Waals surface area contributed by atoms with Gasteiger partial charge < -0.3 is 14.4 Å². The molecule has 24 heavy (non-hydrogen) atoms. The third-order valence-electron chi connectivity index (χ3n) is 3.58. The predicted molar refractivity (Wildman–Crippen MR) is 99.3 cm³/mol. The lowest BCUT2D eigenvalue weighted by Gasteiger charge is -2.17. The van der Waals surface area contributed by atoms with Gasteiger partial charge in [0.1, 0.15) is 0 Å². The molecule has 0 saturated heterocycles. The largest absolute Gasteiger partial charge is 0.331 e. The molecule has 0 saturated carbocycles. The molecule has 0 aromatic heterocycles. The summed E-state index contributed by atoms with van der Waals surface area (Å²) in [5.74, 6) is 0. The van der Waals surface area contributed by atoms with Crippen LogP contribution in [0, 0.1) is 0 Å². The maximum Gasteiger partial charge on any atom is 0.331 e. The second kappa shape index (κ2) is 9.75. The molecule has 5 heteroatoms. The molecule has 0 spiro atoms. The van der Waals surface area contributed by atoms with Crippen LogP contribution >= 0.6 is 7.60 Å². The second-order valence-corrected chi connectivity index (χ2v) is 7.60. The third-order valence-corrected chi connectivity index (χ3v) is 5.65. The summed E-state index contributed by atoms with van der Waals surface area (Å²) in [6.07, 6.45) is 0.382. The van der Waals surface area contributed by atoms with Crippen LogP contribution in [0.3, 0.4) is 0 Å². The Morgan fingerprint density at radius 1 is 0.917 bits per heavy atom. The van der Waals surface area contributed by atoms with Gasteiger partial charge in [-0.25, -0.2) is 0 Å². The molecule has 0 heterocycles. The smallest absolute Gasteiger partial charge is 0.312 e. The van der Waals surface area contributed by atoms with E-state index in [9.17, 15) is 4.57 Å². The van der Waals surface area contributed by atoms with E-state index in [1.165, 1.54) is 16.7 Å². The van der Waals surface area contributed by atoms with Gasteiger partial charge in [-0.05, 0) is 36.6 Å². The summed E-state index contributed by atoms with van der Waals surface area (Å²) >= 11 is 0. The van der Waals surface area contributed by atoms with E-state index < -0.39 is 7.60 Å².